The molecule has 0 saturated heterocycles. The van der Waals surface area contributed by atoms with Crippen molar-refractivity contribution >= 4 is 0 Å². The lowest BCUT2D eigenvalue weighted by molar-refractivity contribution is 0.414. The molecule has 84 valence electrons. The lowest BCUT2D eigenvalue weighted by Crippen LogP contribution is -2.13. The van der Waals surface area contributed by atoms with Gasteiger partial charge in [0.1, 0.15) is 5.75 Å². The van der Waals surface area contributed by atoms with Crippen molar-refractivity contribution in [1.82, 2.24) is 20.2 Å². The second kappa shape index (κ2) is 4.28. The van der Waals surface area contributed by atoms with Gasteiger partial charge >= 0.3 is 0 Å². The molecule has 0 bridgehead atoms. The monoisotopic (exact) mass is 219 g/mol. The molecule has 0 radical (unpaired) electrons. The van der Waals surface area contributed by atoms with Gasteiger partial charge < -0.3 is 10.5 Å². The summed E-state index contributed by atoms with van der Waals surface area (Å²) in [4.78, 5) is 0. The van der Waals surface area contributed by atoms with E-state index < -0.39 is 0 Å². The van der Waals surface area contributed by atoms with E-state index in [1.807, 2.05) is 31.2 Å². The zero-order chi connectivity index (χ0) is 11.5. The highest BCUT2D eigenvalue weighted by Crippen LogP contribution is 2.16. The van der Waals surface area contributed by atoms with E-state index in [0.29, 0.717) is 5.82 Å². The maximum absolute atomic E-state index is 5.76. The minimum Gasteiger partial charge on any atom is -0.497 e. The van der Waals surface area contributed by atoms with Crippen LogP contribution in [0.15, 0.2) is 24.3 Å². The van der Waals surface area contributed by atoms with Gasteiger partial charge in [0.2, 0.25) is 0 Å². The molecule has 1 aromatic heterocycles. The predicted molar refractivity (Wildman–Crippen MR) is 58.3 cm³/mol. The molecular formula is C10H13N5O. The van der Waals surface area contributed by atoms with Crippen LogP contribution in [-0.4, -0.2) is 27.3 Å². The Hall–Kier alpha value is -1.95. The fourth-order valence-electron chi connectivity index (χ4n) is 1.39. The number of nitrogens with zero attached hydrogens (tertiary/aromatic N) is 4. The molecule has 0 fully saturated rings. The lowest BCUT2D eigenvalue weighted by atomic mass is 10.3. The van der Waals surface area contributed by atoms with Gasteiger partial charge in [0, 0.05) is 0 Å². The Bertz CT molecular complexity index is 462. The summed E-state index contributed by atoms with van der Waals surface area (Å²) in [6, 6.07) is 7.24. The first-order chi connectivity index (χ1) is 7.72. The van der Waals surface area contributed by atoms with Gasteiger partial charge in [0.15, 0.2) is 5.82 Å². The standard InChI is InChI=1S/C10H13N5O/c1-7(11)10-12-13-14-15(10)8-3-5-9(16-2)6-4-8/h3-7H,11H2,1-2H3. The third-order valence-corrected chi connectivity index (χ3v) is 2.22. The fourth-order valence-corrected chi connectivity index (χ4v) is 1.39. The first-order valence-electron chi connectivity index (χ1n) is 4.90. The van der Waals surface area contributed by atoms with Crippen LogP contribution in [0.5, 0.6) is 5.75 Å². The minimum absolute atomic E-state index is 0.211. The van der Waals surface area contributed by atoms with E-state index in [1.165, 1.54) is 0 Å². The number of rotatable bonds is 3. The number of hydrogen-bond donors (Lipinski definition) is 1. The van der Waals surface area contributed by atoms with Crippen LogP contribution in [0.1, 0.15) is 18.8 Å². The molecule has 1 aromatic carbocycles. The highest BCUT2D eigenvalue weighted by atomic mass is 16.5. The number of aromatic nitrogens is 4. The van der Waals surface area contributed by atoms with Crippen LogP contribution in [0, 0.1) is 0 Å². The molecule has 16 heavy (non-hydrogen) atoms. The number of nitrogens with two attached hydrogens (primary N) is 1. The summed E-state index contributed by atoms with van der Waals surface area (Å²) in [5.41, 5.74) is 6.62. The molecule has 0 aliphatic rings. The predicted octanol–water partition coefficient (Wildman–Crippen LogP) is 0.691. The van der Waals surface area contributed by atoms with Crippen LogP contribution in [0.4, 0.5) is 0 Å². The second-order valence-corrected chi connectivity index (χ2v) is 3.44. The Morgan fingerprint density at radius 3 is 2.56 bits per heavy atom. The van der Waals surface area contributed by atoms with Gasteiger partial charge in [0.25, 0.3) is 0 Å². The first kappa shape index (κ1) is 10.6. The normalized spacial score (nSPS) is 12.4. The molecule has 1 atom stereocenters. The van der Waals surface area contributed by atoms with E-state index in [9.17, 15) is 0 Å². The second-order valence-electron chi connectivity index (χ2n) is 3.44. The topological polar surface area (TPSA) is 78.8 Å². The van der Waals surface area contributed by atoms with Crippen LogP contribution in [0.3, 0.4) is 0 Å². The van der Waals surface area contributed by atoms with E-state index in [4.69, 9.17) is 10.5 Å². The van der Waals surface area contributed by atoms with Crippen molar-refractivity contribution < 1.29 is 4.74 Å². The molecule has 1 unspecified atom stereocenters. The Morgan fingerprint density at radius 2 is 2.00 bits per heavy atom. The SMILES string of the molecule is COc1ccc(-n2nnnc2C(C)N)cc1. The van der Waals surface area contributed by atoms with Gasteiger partial charge in [-0.2, -0.15) is 4.68 Å². The highest BCUT2D eigenvalue weighted by molar-refractivity contribution is 5.37. The zero-order valence-corrected chi connectivity index (χ0v) is 9.16. The van der Waals surface area contributed by atoms with E-state index in [1.54, 1.807) is 11.8 Å². The summed E-state index contributed by atoms with van der Waals surface area (Å²) < 4.78 is 6.69. The Morgan fingerprint density at radius 1 is 1.31 bits per heavy atom. The zero-order valence-electron chi connectivity index (χ0n) is 9.16. The summed E-state index contributed by atoms with van der Waals surface area (Å²) >= 11 is 0. The third-order valence-electron chi connectivity index (χ3n) is 2.22. The molecule has 0 amide bonds. The summed E-state index contributed by atoms with van der Waals surface area (Å²) in [5.74, 6) is 1.42. The van der Waals surface area contributed by atoms with Crippen molar-refractivity contribution in [3.05, 3.63) is 30.1 Å². The fraction of sp³-hybridized carbons (Fsp3) is 0.300. The maximum atomic E-state index is 5.76. The van der Waals surface area contributed by atoms with E-state index in [-0.39, 0.29) is 6.04 Å². The molecule has 6 nitrogen and oxygen atoms in total. The number of methoxy groups -OCH3 is 1. The van der Waals surface area contributed by atoms with Gasteiger partial charge in [0.05, 0.1) is 18.8 Å². The van der Waals surface area contributed by atoms with Crippen LogP contribution in [0.25, 0.3) is 5.69 Å². The summed E-state index contributed by atoms with van der Waals surface area (Å²) in [6.07, 6.45) is 0. The largest absolute Gasteiger partial charge is 0.497 e. The van der Waals surface area contributed by atoms with E-state index >= 15 is 0 Å². The van der Waals surface area contributed by atoms with Crippen LogP contribution < -0.4 is 10.5 Å². The molecule has 0 saturated carbocycles. The van der Waals surface area contributed by atoms with E-state index in [2.05, 4.69) is 15.5 Å². The Kier molecular flexibility index (Phi) is 2.82. The molecule has 2 N–H and O–H groups in total. The van der Waals surface area contributed by atoms with Crippen molar-refractivity contribution in [2.45, 2.75) is 13.0 Å². The molecule has 2 aromatic rings. The molecule has 0 aliphatic heterocycles. The van der Waals surface area contributed by atoms with Gasteiger partial charge in [-0.3, -0.25) is 0 Å². The Balaban J connectivity index is 2.38. The van der Waals surface area contributed by atoms with Crippen molar-refractivity contribution in [1.29, 1.82) is 0 Å². The molecule has 0 spiro atoms. The smallest absolute Gasteiger partial charge is 0.173 e. The third kappa shape index (κ3) is 1.87. The number of benzene rings is 1. The van der Waals surface area contributed by atoms with Crippen LogP contribution in [-0.2, 0) is 0 Å². The average Bonchev–Trinajstić information content (AvgIpc) is 2.78. The number of hydrogen-bond acceptors (Lipinski definition) is 5. The van der Waals surface area contributed by atoms with Crippen LogP contribution >= 0.6 is 0 Å². The maximum Gasteiger partial charge on any atom is 0.173 e. The van der Waals surface area contributed by atoms with Gasteiger partial charge in [-0.25, -0.2) is 0 Å². The molecule has 0 aliphatic carbocycles. The molecule has 6 heteroatoms. The lowest BCUT2D eigenvalue weighted by Gasteiger charge is -2.07. The average molecular weight is 219 g/mol. The molecular weight excluding hydrogens is 206 g/mol. The van der Waals surface area contributed by atoms with Crippen LogP contribution in [0.2, 0.25) is 0 Å². The van der Waals surface area contributed by atoms with Crippen molar-refractivity contribution in [3.8, 4) is 11.4 Å². The van der Waals surface area contributed by atoms with Gasteiger partial charge in [-0.15, -0.1) is 5.10 Å². The molecule has 2 rings (SSSR count). The minimum atomic E-state index is -0.211. The quantitative estimate of drug-likeness (QED) is 0.821. The first-order valence-corrected chi connectivity index (χ1v) is 4.90. The van der Waals surface area contributed by atoms with Gasteiger partial charge in [-0.05, 0) is 41.6 Å². The van der Waals surface area contributed by atoms with E-state index in [0.717, 1.165) is 11.4 Å². The number of tetrazole rings is 1. The summed E-state index contributed by atoms with van der Waals surface area (Å²) in [5, 5.41) is 11.4. The van der Waals surface area contributed by atoms with Crippen molar-refractivity contribution in [2.75, 3.05) is 7.11 Å². The van der Waals surface area contributed by atoms with Gasteiger partial charge in [-0.1, -0.05) is 0 Å². The Labute approximate surface area is 93.0 Å². The summed E-state index contributed by atoms with van der Waals surface area (Å²) in [6.45, 7) is 1.84. The number of ether oxygens (including phenoxy) is 1. The van der Waals surface area contributed by atoms with Crippen molar-refractivity contribution in [3.63, 3.8) is 0 Å². The van der Waals surface area contributed by atoms with Crippen molar-refractivity contribution in [2.24, 2.45) is 5.73 Å². The highest BCUT2D eigenvalue weighted by Gasteiger charge is 2.11. The molecule has 1 heterocycles. The summed E-state index contributed by atoms with van der Waals surface area (Å²) in [7, 11) is 1.62.